The van der Waals surface area contributed by atoms with E-state index in [-0.39, 0.29) is 6.03 Å². The molecule has 0 unspecified atom stereocenters. The second-order valence-corrected chi connectivity index (χ2v) is 4.18. The fourth-order valence-electron chi connectivity index (χ4n) is 1.90. The molecule has 1 fully saturated rings. The first-order valence-electron chi connectivity index (χ1n) is 5.86. The van der Waals surface area contributed by atoms with E-state index in [2.05, 4.69) is 6.58 Å². The summed E-state index contributed by atoms with van der Waals surface area (Å²) in [5, 5.41) is 0. The van der Waals surface area contributed by atoms with E-state index in [1.807, 2.05) is 22.9 Å². The molecule has 0 saturated carbocycles. The summed E-state index contributed by atoms with van der Waals surface area (Å²) in [5.41, 5.74) is 0. The maximum Gasteiger partial charge on any atom is 0.319 e. The van der Waals surface area contributed by atoms with Crippen molar-refractivity contribution in [3.63, 3.8) is 0 Å². The molecule has 86 valence electrons. The number of urea groups is 1. The fourth-order valence-corrected chi connectivity index (χ4v) is 1.90. The Balaban J connectivity index is 2.27. The van der Waals surface area contributed by atoms with Gasteiger partial charge in [0.25, 0.3) is 0 Å². The zero-order valence-electron chi connectivity index (χ0n) is 9.74. The van der Waals surface area contributed by atoms with Gasteiger partial charge in [-0.15, -0.1) is 6.58 Å². The molecule has 0 aromatic rings. The first kappa shape index (κ1) is 12.1. The zero-order chi connectivity index (χ0) is 11.1. The summed E-state index contributed by atoms with van der Waals surface area (Å²) in [4.78, 5) is 15.7. The van der Waals surface area contributed by atoms with Gasteiger partial charge in [0.2, 0.25) is 0 Å². The summed E-state index contributed by atoms with van der Waals surface area (Å²) < 4.78 is 0. The molecule has 15 heavy (non-hydrogen) atoms. The summed E-state index contributed by atoms with van der Waals surface area (Å²) in [5.74, 6) is 0. The Hall–Kier alpha value is -0.990. The van der Waals surface area contributed by atoms with Crippen molar-refractivity contribution in [1.29, 1.82) is 0 Å². The van der Waals surface area contributed by atoms with Gasteiger partial charge in [-0.3, -0.25) is 0 Å². The van der Waals surface area contributed by atoms with E-state index in [1.165, 1.54) is 6.42 Å². The molecular formula is C12H22N2O. The van der Waals surface area contributed by atoms with Crippen molar-refractivity contribution in [3.05, 3.63) is 12.7 Å². The number of piperidine rings is 1. The summed E-state index contributed by atoms with van der Waals surface area (Å²) >= 11 is 0. The van der Waals surface area contributed by atoms with Crippen LogP contribution in [0.4, 0.5) is 4.79 Å². The van der Waals surface area contributed by atoms with Crippen molar-refractivity contribution < 1.29 is 4.79 Å². The second kappa shape index (κ2) is 6.49. The number of unbranched alkanes of at least 4 members (excludes halogenated alkanes) is 1. The highest BCUT2D eigenvalue weighted by atomic mass is 16.2. The van der Waals surface area contributed by atoms with Crippen molar-refractivity contribution in [1.82, 2.24) is 9.80 Å². The summed E-state index contributed by atoms with van der Waals surface area (Å²) in [6, 6.07) is 0.193. The molecule has 2 amide bonds. The smallest absolute Gasteiger partial charge is 0.319 e. The van der Waals surface area contributed by atoms with Crippen molar-refractivity contribution >= 4 is 6.03 Å². The van der Waals surface area contributed by atoms with Gasteiger partial charge in [0.1, 0.15) is 0 Å². The molecule has 0 aromatic heterocycles. The van der Waals surface area contributed by atoms with Gasteiger partial charge in [-0.2, -0.15) is 0 Å². The zero-order valence-corrected chi connectivity index (χ0v) is 9.74. The highest BCUT2D eigenvalue weighted by Crippen LogP contribution is 2.10. The first-order chi connectivity index (χ1) is 7.25. The Morgan fingerprint density at radius 3 is 2.67 bits per heavy atom. The molecule has 1 aliphatic rings. The number of hydrogen-bond donors (Lipinski definition) is 0. The SMILES string of the molecule is C=CCCCN(C)C(=O)N1CCCCC1. The van der Waals surface area contributed by atoms with Crippen LogP contribution in [0.1, 0.15) is 32.1 Å². The molecule has 0 aliphatic carbocycles. The van der Waals surface area contributed by atoms with Gasteiger partial charge in [-0.25, -0.2) is 4.79 Å². The van der Waals surface area contributed by atoms with Gasteiger partial charge in [-0.05, 0) is 32.1 Å². The molecule has 0 spiro atoms. The Morgan fingerprint density at radius 1 is 1.40 bits per heavy atom. The lowest BCUT2D eigenvalue weighted by molar-refractivity contribution is 0.152. The maximum absolute atomic E-state index is 11.9. The molecule has 1 saturated heterocycles. The summed E-state index contributed by atoms with van der Waals surface area (Å²) in [6.45, 7) is 6.38. The number of rotatable bonds is 4. The van der Waals surface area contributed by atoms with Gasteiger partial charge in [0, 0.05) is 26.7 Å². The first-order valence-corrected chi connectivity index (χ1v) is 5.86. The lowest BCUT2D eigenvalue weighted by Crippen LogP contribution is -2.44. The third-order valence-electron chi connectivity index (χ3n) is 2.85. The number of carbonyl (C=O) groups excluding carboxylic acids is 1. The number of allylic oxidation sites excluding steroid dienone is 1. The van der Waals surface area contributed by atoms with E-state index in [0.29, 0.717) is 0 Å². The fraction of sp³-hybridized carbons (Fsp3) is 0.750. The molecule has 1 heterocycles. The standard InChI is InChI=1S/C12H22N2O/c1-3-4-6-9-13(2)12(15)14-10-7-5-8-11-14/h3H,1,4-11H2,2H3. The third-order valence-corrected chi connectivity index (χ3v) is 2.85. The monoisotopic (exact) mass is 210 g/mol. The van der Waals surface area contributed by atoms with E-state index in [9.17, 15) is 4.79 Å². The lowest BCUT2D eigenvalue weighted by Gasteiger charge is -2.31. The number of nitrogens with zero attached hydrogens (tertiary/aromatic N) is 2. The van der Waals surface area contributed by atoms with Crippen molar-refractivity contribution in [2.45, 2.75) is 32.1 Å². The van der Waals surface area contributed by atoms with Crippen molar-refractivity contribution in [2.75, 3.05) is 26.7 Å². The van der Waals surface area contributed by atoms with Crippen LogP contribution in [0.2, 0.25) is 0 Å². The minimum Gasteiger partial charge on any atom is -0.328 e. The number of carbonyl (C=O) groups is 1. The number of likely N-dealkylation sites (tertiary alicyclic amines) is 1. The van der Waals surface area contributed by atoms with E-state index in [4.69, 9.17) is 0 Å². The molecule has 3 heteroatoms. The number of hydrogen-bond acceptors (Lipinski definition) is 1. The van der Waals surface area contributed by atoms with Gasteiger partial charge >= 0.3 is 6.03 Å². The van der Waals surface area contributed by atoms with Crippen LogP contribution in [0.25, 0.3) is 0 Å². The molecule has 0 atom stereocenters. The molecule has 1 aliphatic heterocycles. The van der Waals surface area contributed by atoms with Crippen LogP contribution >= 0.6 is 0 Å². The number of amides is 2. The second-order valence-electron chi connectivity index (χ2n) is 4.18. The molecule has 1 rings (SSSR count). The van der Waals surface area contributed by atoms with E-state index >= 15 is 0 Å². The average molecular weight is 210 g/mol. The Bertz CT molecular complexity index is 210. The summed E-state index contributed by atoms with van der Waals surface area (Å²) in [6.07, 6.45) is 7.48. The van der Waals surface area contributed by atoms with Crippen LogP contribution in [-0.2, 0) is 0 Å². The minimum absolute atomic E-state index is 0.193. The highest BCUT2D eigenvalue weighted by molar-refractivity contribution is 5.74. The van der Waals surface area contributed by atoms with Crippen molar-refractivity contribution in [3.8, 4) is 0 Å². The minimum atomic E-state index is 0.193. The van der Waals surface area contributed by atoms with Gasteiger partial charge in [0.15, 0.2) is 0 Å². The van der Waals surface area contributed by atoms with E-state index in [0.717, 1.165) is 45.3 Å². The molecule has 0 bridgehead atoms. The van der Waals surface area contributed by atoms with E-state index in [1.54, 1.807) is 0 Å². The van der Waals surface area contributed by atoms with Gasteiger partial charge in [-0.1, -0.05) is 6.08 Å². The molecule has 0 N–H and O–H groups in total. The molecule has 0 radical (unpaired) electrons. The Kier molecular flexibility index (Phi) is 5.22. The Morgan fingerprint density at radius 2 is 2.07 bits per heavy atom. The van der Waals surface area contributed by atoms with Crippen LogP contribution in [0, 0.1) is 0 Å². The molecule has 0 aromatic carbocycles. The van der Waals surface area contributed by atoms with Gasteiger partial charge in [0.05, 0.1) is 0 Å². The Labute approximate surface area is 92.7 Å². The predicted octanol–water partition coefficient (Wildman–Crippen LogP) is 2.49. The maximum atomic E-state index is 11.9. The van der Waals surface area contributed by atoms with Crippen LogP contribution in [0.15, 0.2) is 12.7 Å². The third kappa shape index (κ3) is 3.94. The van der Waals surface area contributed by atoms with Gasteiger partial charge < -0.3 is 9.80 Å². The van der Waals surface area contributed by atoms with Crippen molar-refractivity contribution in [2.24, 2.45) is 0 Å². The normalized spacial score (nSPS) is 16.2. The summed E-state index contributed by atoms with van der Waals surface area (Å²) in [7, 11) is 1.89. The van der Waals surface area contributed by atoms with Crippen LogP contribution in [0.3, 0.4) is 0 Å². The largest absolute Gasteiger partial charge is 0.328 e. The lowest BCUT2D eigenvalue weighted by atomic mass is 10.1. The predicted molar refractivity (Wildman–Crippen MR) is 62.9 cm³/mol. The van der Waals surface area contributed by atoms with Crippen LogP contribution < -0.4 is 0 Å². The molecule has 3 nitrogen and oxygen atoms in total. The average Bonchev–Trinajstić information content (AvgIpc) is 2.29. The van der Waals surface area contributed by atoms with E-state index < -0.39 is 0 Å². The highest BCUT2D eigenvalue weighted by Gasteiger charge is 2.19. The topological polar surface area (TPSA) is 23.6 Å². The molecular weight excluding hydrogens is 188 g/mol. The van der Waals surface area contributed by atoms with Crippen LogP contribution in [0.5, 0.6) is 0 Å². The quantitative estimate of drug-likeness (QED) is 0.516. The van der Waals surface area contributed by atoms with Crippen LogP contribution in [-0.4, -0.2) is 42.5 Å².